The molecule has 5 nitrogen and oxygen atoms in total. The van der Waals surface area contributed by atoms with Crippen LogP contribution in [-0.2, 0) is 7.05 Å². The van der Waals surface area contributed by atoms with E-state index in [9.17, 15) is 5.26 Å². The van der Waals surface area contributed by atoms with Crippen LogP contribution >= 0.6 is 27.7 Å². The van der Waals surface area contributed by atoms with Crippen LogP contribution in [0.4, 0.5) is 0 Å². The van der Waals surface area contributed by atoms with Crippen LogP contribution in [0.2, 0.25) is 0 Å². The zero-order valence-electron chi connectivity index (χ0n) is 13.3. The lowest BCUT2D eigenvalue weighted by molar-refractivity contribution is 0.354. The molecule has 1 aromatic carbocycles. The lowest BCUT2D eigenvalue weighted by Gasteiger charge is -2.13. The smallest absolute Gasteiger partial charge is 0.161 e. The van der Waals surface area contributed by atoms with Crippen molar-refractivity contribution in [1.29, 1.82) is 5.26 Å². The summed E-state index contributed by atoms with van der Waals surface area (Å²) in [5, 5.41) is 9.73. The van der Waals surface area contributed by atoms with Gasteiger partial charge in [-0.05, 0) is 34.3 Å². The Hall–Kier alpha value is -1.91. The molecule has 0 atom stereocenters. The summed E-state index contributed by atoms with van der Waals surface area (Å²) in [6, 6.07) is 5.88. The number of aryl methyl sites for hydroxylation is 1. The number of aromatic nitrogens is 2. The minimum atomic E-state index is 0.527. The second-order valence-corrected chi connectivity index (χ2v) is 6.24. The van der Waals surface area contributed by atoms with Gasteiger partial charge in [-0.3, -0.25) is 0 Å². The molecule has 0 N–H and O–H groups in total. The van der Waals surface area contributed by atoms with E-state index in [1.165, 1.54) is 11.8 Å². The first-order chi connectivity index (χ1) is 11.1. The van der Waals surface area contributed by atoms with Crippen molar-refractivity contribution in [2.45, 2.75) is 0 Å². The molecule has 7 heteroatoms. The molecule has 1 aromatic heterocycles. The van der Waals surface area contributed by atoms with Gasteiger partial charge in [0.25, 0.3) is 0 Å². The Labute approximate surface area is 148 Å². The number of allylic oxidation sites excluding steroid dienone is 1. The number of nitriles is 1. The van der Waals surface area contributed by atoms with Gasteiger partial charge < -0.3 is 14.0 Å². The lowest BCUT2D eigenvalue weighted by atomic mass is 10.1. The molecule has 120 valence electrons. The number of imidazole rings is 1. The average molecular weight is 394 g/mol. The van der Waals surface area contributed by atoms with Gasteiger partial charge in [-0.2, -0.15) is 5.26 Å². The van der Waals surface area contributed by atoms with Crippen LogP contribution in [0.3, 0.4) is 0 Å². The van der Waals surface area contributed by atoms with E-state index < -0.39 is 0 Å². The van der Waals surface area contributed by atoms with Crippen molar-refractivity contribution in [2.24, 2.45) is 7.05 Å². The van der Waals surface area contributed by atoms with Gasteiger partial charge in [-0.15, -0.1) is 11.8 Å². The normalized spacial score (nSPS) is 11.7. The fraction of sp³-hybridized carbons (Fsp3) is 0.250. The zero-order chi connectivity index (χ0) is 17.0. The highest BCUT2D eigenvalue weighted by atomic mass is 79.9. The number of ether oxygens (including phenoxy) is 2. The molecule has 0 spiro atoms. The minimum Gasteiger partial charge on any atom is -0.493 e. The Kier molecular flexibility index (Phi) is 5.74. The Morgan fingerprint density at radius 3 is 2.43 bits per heavy atom. The van der Waals surface area contributed by atoms with E-state index in [1.807, 2.05) is 24.1 Å². The summed E-state index contributed by atoms with van der Waals surface area (Å²) in [5.74, 6) is 1.91. The predicted molar refractivity (Wildman–Crippen MR) is 96.4 cm³/mol. The van der Waals surface area contributed by atoms with E-state index in [1.54, 1.807) is 32.5 Å². The highest BCUT2D eigenvalue weighted by Gasteiger charge is 2.19. The predicted octanol–water partition coefficient (Wildman–Crippen LogP) is 3.95. The van der Waals surface area contributed by atoms with Crippen molar-refractivity contribution < 1.29 is 9.47 Å². The Balaban J connectivity index is 2.72. The third kappa shape index (κ3) is 3.38. The van der Waals surface area contributed by atoms with Crippen LogP contribution in [0.5, 0.6) is 11.5 Å². The Morgan fingerprint density at radius 2 is 1.96 bits per heavy atom. The number of hydrogen-bond donors (Lipinski definition) is 0. The highest BCUT2D eigenvalue weighted by Crippen LogP contribution is 2.40. The molecule has 2 rings (SSSR count). The number of benzene rings is 1. The topological polar surface area (TPSA) is 60.1 Å². The first-order valence-electron chi connectivity index (χ1n) is 6.65. The van der Waals surface area contributed by atoms with Crippen LogP contribution in [0.25, 0.3) is 10.5 Å². The Bertz CT molecular complexity index is 793. The molecular formula is C16H16BrN3O2S. The second kappa shape index (κ2) is 7.57. The maximum Gasteiger partial charge on any atom is 0.161 e. The summed E-state index contributed by atoms with van der Waals surface area (Å²) in [4.78, 5) is 5.15. The van der Waals surface area contributed by atoms with Gasteiger partial charge in [0.15, 0.2) is 11.5 Å². The third-order valence-corrected chi connectivity index (χ3v) is 4.76. The molecule has 0 saturated carbocycles. The quantitative estimate of drug-likeness (QED) is 0.719. The summed E-state index contributed by atoms with van der Waals surface area (Å²) in [5.41, 5.74) is 1.26. The fourth-order valence-corrected chi connectivity index (χ4v) is 3.43. The van der Waals surface area contributed by atoms with Gasteiger partial charge in [0, 0.05) is 29.5 Å². The number of rotatable bonds is 5. The number of nitrogens with zero attached hydrogens (tertiary/aromatic N) is 3. The van der Waals surface area contributed by atoms with Crippen LogP contribution in [0.15, 0.2) is 29.0 Å². The van der Waals surface area contributed by atoms with E-state index in [0.717, 1.165) is 20.8 Å². The fourth-order valence-electron chi connectivity index (χ4n) is 2.17. The molecule has 0 aliphatic heterocycles. The first kappa shape index (κ1) is 17.4. The van der Waals surface area contributed by atoms with Gasteiger partial charge >= 0.3 is 0 Å². The van der Waals surface area contributed by atoms with Crippen molar-refractivity contribution in [3.63, 3.8) is 0 Å². The summed E-state index contributed by atoms with van der Waals surface area (Å²) >= 11 is 5.00. The van der Waals surface area contributed by atoms with Crippen molar-refractivity contribution >= 4 is 38.2 Å². The molecule has 0 aliphatic carbocycles. The zero-order valence-corrected chi connectivity index (χ0v) is 15.7. The minimum absolute atomic E-state index is 0.527. The van der Waals surface area contributed by atoms with Crippen molar-refractivity contribution in [3.05, 3.63) is 40.4 Å². The number of hydrogen-bond acceptors (Lipinski definition) is 5. The molecule has 0 saturated heterocycles. The standard InChI is InChI=1S/C16H16BrN3O2S/c1-20-6-5-19-16(20)15(23-4)11(9-18)10-7-13(21-2)14(22-3)8-12(10)17/h5-8H,1-4H3/b15-11-. The molecule has 0 amide bonds. The summed E-state index contributed by atoms with van der Waals surface area (Å²) in [6.45, 7) is 0. The molecule has 23 heavy (non-hydrogen) atoms. The maximum atomic E-state index is 9.73. The van der Waals surface area contributed by atoms with E-state index in [-0.39, 0.29) is 0 Å². The monoisotopic (exact) mass is 393 g/mol. The van der Waals surface area contributed by atoms with Crippen LogP contribution in [-0.4, -0.2) is 30.0 Å². The van der Waals surface area contributed by atoms with Crippen LogP contribution < -0.4 is 9.47 Å². The molecule has 1 heterocycles. The highest BCUT2D eigenvalue weighted by molar-refractivity contribution is 9.10. The third-order valence-electron chi connectivity index (χ3n) is 3.31. The van der Waals surface area contributed by atoms with E-state index in [0.29, 0.717) is 17.1 Å². The average Bonchev–Trinajstić information content (AvgIpc) is 2.98. The number of methoxy groups -OCH3 is 2. The van der Waals surface area contributed by atoms with Crippen molar-refractivity contribution in [2.75, 3.05) is 20.5 Å². The summed E-state index contributed by atoms with van der Waals surface area (Å²) in [7, 11) is 5.04. The SMILES string of the molecule is COc1cc(Br)c(/C(C#N)=C(\SC)c2nccn2C)cc1OC. The van der Waals surface area contributed by atoms with Crippen LogP contribution in [0, 0.1) is 11.3 Å². The lowest BCUT2D eigenvalue weighted by Crippen LogP contribution is -1.99. The molecule has 0 bridgehead atoms. The molecule has 0 unspecified atom stereocenters. The molecular weight excluding hydrogens is 378 g/mol. The number of thioether (sulfide) groups is 1. The summed E-state index contributed by atoms with van der Waals surface area (Å²) < 4.78 is 13.3. The summed E-state index contributed by atoms with van der Waals surface area (Å²) in [6.07, 6.45) is 5.49. The van der Waals surface area contributed by atoms with Gasteiger partial charge in [0.2, 0.25) is 0 Å². The first-order valence-corrected chi connectivity index (χ1v) is 8.67. The van der Waals surface area contributed by atoms with Gasteiger partial charge in [0.05, 0.1) is 24.7 Å². The van der Waals surface area contributed by atoms with E-state index in [2.05, 4.69) is 27.0 Å². The molecule has 2 aromatic rings. The molecule has 0 aliphatic rings. The molecule has 0 radical (unpaired) electrons. The molecule has 0 fully saturated rings. The van der Waals surface area contributed by atoms with Crippen molar-refractivity contribution in [1.82, 2.24) is 9.55 Å². The van der Waals surface area contributed by atoms with Gasteiger partial charge in [-0.25, -0.2) is 4.98 Å². The van der Waals surface area contributed by atoms with Gasteiger partial charge in [-0.1, -0.05) is 0 Å². The Morgan fingerprint density at radius 1 is 1.30 bits per heavy atom. The van der Waals surface area contributed by atoms with Crippen molar-refractivity contribution in [3.8, 4) is 17.6 Å². The largest absolute Gasteiger partial charge is 0.493 e. The van der Waals surface area contributed by atoms with E-state index in [4.69, 9.17) is 9.47 Å². The number of halogens is 1. The maximum absolute atomic E-state index is 9.73. The van der Waals surface area contributed by atoms with Crippen LogP contribution in [0.1, 0.15) is 11.4 Å². The second-order valence-electron chi connectivity index (χ2n) is 4.57. The van der Waals surface area contributed by atoms with Gasteiger partial charge in [0.1, 0.15) is 11.9 Å². The van der Waals surface area contributed by atoms with E-state index >= 15 is 0 Å².